The van der Waals surface area contributed by atoms with E-state index in [2.05, 4.69) is 0 Å². The number of hydrogen-bond acceptors (Lipinski definition) is 2. The molecule has 0 aliphatic rings. The van der Waals surface area contributed by atoms with Crippen molar-refractivity contribution in [2.45, 2.75) is 19.8 Å². The van der Waals surface area contributed by atoms with E-state index in [0.29, 0.717) is 12.8 Å². The van der Waals surface area contributed by atoms with Gasteiger partial charge in [0.05, 0.1) is 6.07 Å². The monoisotopic (exact) mass is 202 g/mol. The Labute approximate surface area is 89.5 Å². The van der Waals surface area contributed by atoms with Crippen LogP contribution in [-0.2, 0) is 11.2 Å². The van der Waals surface area contributed by atoms with Gasteiger partial charge in [-0.2, -0.15) is 5.26 Å². The third-order valence-corrected chi connectivity index (χ3v) is 2.64. The van der Waals surface area contributed by atoms with Gasteiger partial charge < -0.3 is 5.73 Å². The van der Waals surface area contributed by atoms with Crippen LogP contribution < -0.4 is 5.73 Å². The Morgan fingerprint density at radius 1 is 1.47 bits per heavy atom. The van der Waals surface area contributed by atoms with Crippen molar-refractivity contribution in [3.8, 4) is 6.07 Å². The Morgan fingerprint density at radius 2 is 2.07 bits per heavy atom. The lowest BCUT2D eigenvalue weighted by atomic mass is 9.80. The number of benzene rings is 1. The molecule has 3 nitrogen and oxygen atoms in total. The second-order valence-electron chi connectivity index (χ2n) is 3.57. The molecule has 0 unspecified atom stereocenters. The van der Waals surface area contributed by atoms with Gasteiger partial charge in [-0.3, -0.25) is 4.79 Å². The van der Waals surface area contributed by atoms with Crippen LogP contribution in [0.5, 0.6) is 0 Å². The highest BCUT2D eigenvalue weighted by atomic mass is 16.1. The number of rotatable bonds is 4. The van der Waals surface area contributed by atoms with Crippen LogP contribution in [0.3, 0.4) is 0 Å². The lowest BCUT2D eigenvalue weighted by molar-refractivity contribution is -0.125. The highest BCUT2D eigenvalue weighted by Crippen LogP contribution is 2.25. The molecule has 1 aromatic rings. The van der Waals surface area contributed by atoms with Gasteiger partial charge in [0.25, 0.3) is 0 Å². The van der Waals surface area contributed by atoms with Gasteiger partial charge in [0.15, 0.2) is 0 Å². The van der Waals surface area contributed by atoms with Crippen molar-refractivity contribution in [1.29, 1.82) is 5.26 Å². The summed E-state index contributed by atoms with van der Waals surface area (Å²) in [6, 6.07) is 11.5. The van der Waals surface area contributed by atoms with Gasteiger partial charge >= 0.3 is 0 Å². The fraction of sp³-hybridized carbons (Fsp3) is 0.333. The molecular formula is C12H14N2O. The van der Waals surface area contributed by atoms with E-state index in [1.807, 2.05) is 36.4 Å². The van der Waals surface area contributed by atoms with Gasteiger partial charge in [0.2, 0.25) is 5.91 Å². The molecule has 2 N–H and O–H groups in total. The third-order valence-electron chi connectivity index (χ3n) is 2.64. The van der Waals surface area contributed by atoms with E-state index >= 15 is 0 Å². The van der Waals surface area contributed by atoms with Crippen LogP contribution >= 0.6 is 0 Å². The van der Waals surface area contributed by atoms with Gasteiger partial charge in [0.1, 0.15) is 5.41 Å². The Bertz CT molecular complexity index is 380. The minimum atomic E-state index is -1.07. The van der Waals surface area contributed by atoms with Crippen LogP contribution in [0.2, 0.25) is 0 Å². The van der Waals surface area contributed by atoms with E-state index in [-0.39, 0.29) is 0 Å². The van der Waals surface area contributed by atoms with Crippen LogP contribution in [0.4, 0.5) is 0 Å². The molecule has 1 aromatic carbocycles. The van der Waals surface area contributed by atoms with Crippen molar-refractivity contribution in [3.05, 3.63) is 35.9 Å². The SMILES string of the molecule is CC[C@@](C#N)(Cc1ccccc1)C(N)=O. The van der Waals surface area contributed by atoms with Gasteiger partial charge in [0, 0.05) is 0 Å². The first-order valence-electron chi connectivity index (χ1n) is 4.89. The molecular weight excluding hydrogens is 188 g/mol. The molecule has 0 spiro atoms. The van der Waals surface area contributed by atoms with Crippen LogP contribution in [-0.4, -0.2) is 5.91 Å². The molecule has 78 valence electrons. The fourth-order valence-electron chi connectivity index (χ4n) is 1.50. The lowest BCUT2D eigenvalue weighted by Crippen LogP contribution is -2.37. The number of hydrogen-bond donors (Lipinski definition) is 1. The minimum absolute atomic E-state index is 0.385. The summed E-state index contributed by atoms with van der Waals surface area (Å²) < 4.78 is 0. The molecule has 0 aliphatic heterocycles. The number of carbonyl (C=O) groups is 1. The van der Waals surface area contributed by atoms with Crippen LogP contribution in [0.15, 0.2) is 30.3 Å². The van der Waals surface area contributed by atoms with E-state index in [9.17, 15) is 4.79 Å². The van der Waals surface area contributed by atoms with Crippen molar-refractivity contribution >= 4 is 5.91 Å². The van der Waals surface area contributed by atoms with E-state index in [1.54, 1.807) is 6.92 Å². The Balaban J connectivity index is 2.96. The first-order valence-corrected chi connectivity index (χ1v) is 4.89. The first-order chi connectivity index (χ1) is 7.14. The first kappa shape index (κ1) is 11.3. The molecule has 0 aliphatic carbocycles. The Kier molecular flexibility index (Phi) is 3.46. The number of nitriles is 1. The van der Waals surface area contributed by atoms with E-state index in [0.717, 1.165) is 5.56 Å². The van der Waals surface area contributed by atoms with Crippen molar-refractivity contribution in [3.63, 3.8) is 0 Å². The number of carbonyl (C=O) groups excluding carboxylic acids is 1. The van der Waals surface area contributed by atoms with Gasteiger partial charge in [-0.1, -0.05) is 37.3 Å². The largest absolute Gasteiger partial charge is 0.368 e. The van der Waals surface area contributed by atoms with Crippen LogP contribution in [0, 0.1) is 16.7 Å². The van der Waals surface area contributed by atoms with E-state index < -0.39 is 11.3 Å². The molecule has 3 heteroatoms. The van der Waals surface area contributed by atoms with Gasteiger partial charge in [-0.15, -0.1) is 0 Å². The third kappa shape index (κ3) is 2.35. The highest BCUT2D eigenvalue weighted by molar-refractivity contribution is 5.84. The maximum absolute atomic E-state index is 11.3. The predicted octanol–water partition coefficient (Wildman–Crippen LogP) is 1.63. The summed E-state index contributed by atoms with van der Waals surface area (Å²) in [5, 5.41) is 9.06. The molecule has 0 saturated carbocycles. The molecule has 0 fully saturated rings. The van der Waals surface area contributed by atoms with Crippen molar-refractivity contribution < 1.29 is 4.79 Å². The van der Waals surface area contributed by atoms with E-state index in [4.69, 9.17) is 11.0 Å². The molecule has 1 rings (SSSR count). The summed E-state index contributed by atoms with van der Waals surface area (Å²) in [4.78, 5) is 11.3. The number of nitrogens with two attached hydrogens (primary N) is 1. The van der Waals surface area contributed by atoms with Crippen LogP contribution in [0.25, 0.3) is 0 Å². The second-order valence-corrected chi connectivity index (χ2v) is 3.57. The predicted molar refractivity (Wildman–Crippen MR) is 57.7 cm³/mol. The Morgan fingerprint density at radius 3 is 2.47 bits per heavy atom. The average Bonchev–Trinajstić information content (AvgIpc) is 2.27. The maximum Gasteiger partial charge on any atom is 0.238 e. The maximum atomic E-state index is 11.3. The summed E-state index contributed by atoms with van der Waals surface area (Å²) in [6.45, 7) is 1.80. The Hall–Kier alpha value is -1.82. The number of amides is 1. The van der Waals surface area contributed by atoms with Gasteiger partial charge in [-0.25, -0.2) is 0 Å². The van der Waals surface area contributed by atoms with Crippen molar-refractivity contribution in [2.24, 2.45) is 11.1 Å². The summed E-state index contributed by atoms with van der Waals surface area (Å²) >= 11 is 0. The molecule has 0 radical (unpaired) electrons. The minimum Gasteiger partial charge on any atom is -0.368 e. The topological polar surface area (TPSA) is 66.9 Å². The second kappa shape index (κ2) is 4.61. The molecule has 0 saturated heterocycles. The molecule has 0 aromatic heterocycles. The summed E-state index contributed by atoms with van der Waals surface area (Å²) in [5.41, 5.74) is 5.17. The standard InChI is InChI=1S/C12H14N2O/c1-2-12(9-13,11(14)15)8-10-6-4-3-5-7-10/h3-7H,2,8H2,1H3,(H2,14,15)/t12-/m0/s1. The zero-order valence-corrected chi connectivity index (χ0v) is 8.73. The van der Waals surface area contributed by atoms with E-state index in [1.165, 1.54) is 0 Å². The molecule has 1 atom stereocenters. The highest BCUT2D eigenvalue weighted by Gasteiger charge is 2.34. The molecule has 1 amide bonds. The molecule has 15 heavy (non-hydrogen) atoms. The zero-order chi connectivity index (χ0) is 11.3. The van der Waals surface area contributed by atoms with Crippen molar-refractivity contribution in [2.75, 3.05) is 0 Å². The molecule has 0 bridgehead atoms. The normalized spacial score (nSPS) is 13.9. The number of primary amides is 1. The summed E-state index contributed by atoms with van der Waals surface area (Å²) in [6.07, 6.45) is 0.823. The zero-order valence-electron chi connectivity index (χ0n) is 8.73. The van der Waals surface area contributed by atoms with Crippen molar-refractivity contribution in [1.82, 2.24) is 0 Å². The summed E-state index contributed by atoms with van der Waals surface area (Å²) in [7, 11) is 0. The number of nitrogens with zero attached hydrogens (tertiary/aromatic N) is 1. The van der Waals surface area contributed by atoms with Crippen LogP contribution in [0.1, 0.15) is 18.9 Å². The lowest BCUT2D eigenvalue weighted by Gasteiger charge is -2.20. The smallest absolute Gasteiger partial charge is 0.238 e. The molecule has 0 heterocycles. The quantitative estimate of drug-likeness (QED) is 0.806. The fourth-order valence-corrected chi connectivity index (χ4v) is 1.50. The average molecular weight is 202 g/mol. The van der Waals surface area contributed by atoms with Gasteiger partial charge in [-0.05, 0) is 18.4 Å². The summed E-state index contributed by atoms with van der Waals surface area (Å²) in [5.74, 6) is -0.545.